The lowest BCUT2D eigenvalue weighted by Gasteiger charge is -2.31. The zero-order valence-electron chi connectivity index (χ0n) is 18.5. The number of nitrogens with zero attached hydrogens (tertiary/aromatic N) is 1. The Bertz CT molecular complexity index is 1260. The number of hydrogen-bond acceptors (Lipinski definition) is 4. The molecule has 0 saturated carbocycles. The van der Waals surface area contributed by atoms with Gasteiger partial charge in [0.2, 0.25) is 15.9 Å². The number of ether oxygens (including phenoxy) is 1. The molecule has 1 aliphatic rings. The highest BCUT2D eigenvalue weighted by Gasteiger charge is 2.33. The van der Waals surface area contributed by atoms with Crippen molar-refractivity contribution in [3.63, 3.8) is 0 Å². The fraction of sp³-hybridized carbons (Fsp3) is 0.320. The van der Waals surface area contributed by atoms with Crippen LogP contribution in [0.2, 0.25) is 5.02 Å². The molecule has 3 aromatic rings. The van der Waals surface area contributed by atoms with Crippen molar-refractivity contribution in [1.29, 1.82) is 0 Å². The van der Waals surface area contributed by atoms with Gasteiger partial charge in [-0.15, -0.1) is 0 Å². The highest BCUT2D eigenvalue weighted by Crippen LogP contribution is 2.30. The van der Waals surface area contributed by atoms with Crippen LogP contribution in [0.4, 0.5) is 0 Å². The molecule has 1 N–H and O–H groups in total. The van der Waals surface area contributed by atoms with E-state index in [9.17, 15) is 13.2 Å². The van der Waals surface area contributed by atoms with E-state index in [0.29, 0.717) is 38.3 Å². The maximum atomic E-state index is 13.2. The van der Waals surface area contributed by atoms with Crippen molar-refractivity contribution in [2.45, 2.75) is 31.2 Å². The fourth-order valence-electron chi connectivity index (χ4n) is 4.21. The normalized spacial score (nSPS) is 17.1. The van der Waals surface area contributed by atoms with Gasteiger partial charge in [0.25, 0.3) is 0 Å². The maximum Gasteiger partial charge on any atom is 0.243 e. The zero-order valence-corrected chi connectivity index (χ0v) is 20.0. The third kappa shape index (κ3) is 5.16. The van der Waals surface area contributed by atoms with Crippen molar-refractivity contribution in [2.24, 2.45) is 5.92 Å². The largest absolute Gasteiger partial charge is 0.492 e. The van der Waals surface area contributed by atoms with E-state index in [0.717, 1.165) is 16.3 Å². The Morgan fingerprint density at radius 1 is 1.15 bits per heavy atom. The third-order valence-corrected chi connectivity index (χ3v) is 8.09. The molecule has 1 saturated heterocycles. The van der Waals surface area contributed by atoms with E-state index >= 15 is 0 Å². The molecule has 3 aromatic carbocycles. The predicted octanol–water partition coefficient (Wildman–Crippen LogP) is 4.61. The molecule has 174 valence electrons. The summed E-state index contributed by atoms with van der Waals surface area (Å²) >= 11 is 6.20. The predicted molar refractivity (Wildman–Crippen MR) is 130 cm³/mol. The standard InChI is InChI=1S/C25H27ClN2O4S/c1-2-32-24-13-12-21(15-23(24)26)33(30,31)28-14-6-10-20(17-28)25(29)27-16-19-9-5-8-18-7-3-4-11-22(18)19/h3-5,7-9,11-13,15,20H,2,6,10,14,16-17H2,1H3,(H,27,29). The molecule has 1 fully saturated rings. The molecule has 0 aromatic heterocycles. The molecule has 0 radical (unpaired) electrons. The lowest BCUT2D eigenvalue weighted by atomic mass is 9.98. The molecular formula is C25H27ClN2O4S. The number of carbonyl (C=O) groups is 1. The van der Waals surface area contributed by atoms with Gasteiger partial charge in [0.15, 0.2) is 0 Å². The van der Waals surface area contributed by atoms with E-state index in [1.807, 2.05) is 49.4 Å². The van der Waals surface area contributed by atoms with Gasteiger partial charge < -0.3 is 10.1 Å². The van der Waals surface area contributed by atoms with Crippen LogP contribution < -0.4 is 10.1 Å². The van der Waals surface area contributed by atoms with Crippen LogP contribution in [0.25, 0.3) is 10.8 Å². The van der Waals surface area contributed by atoms with E-state index < -0.39 is 15.9 Å². The Balaban J connectivity index is 1.44. The van der Waals surface area contributed by atoms with Gasteiger partial charge in [0, 0.05) is 19.6 Å². The molecule has 1 aliphatic heterocycles. The van der Waals surface area contributed by atoms with Crippen LogP contribution in [0.1, 0.15) is 25.3 Å². The number of hydrogen-bond donors (Lipinski definition) is 1. The van der Waals surface area contributed by atoms with Crippen molar-refractivity contribution in [1.82, 2.24) is 9.62 Å². The topological polar surface area (TPSA) is 75.7 Å². The van der Waals surface area contributed by atoms with Gasteiger partial charge in [-0.25, -0.2) is 8.42 Å². The second kappa shape index (κ2) is 10.1. The molecule has 6 nitrogen and oxygen atoms in total. The van der Waals surface area contributed by atoms with Gasteiger partial charge in [0.1, 0.15) is 5.75 Å². The summed E-state index contributed by atoms with van der Waals surface area (Å²) in [6.07, 6.45) is 1.27. The number of halogens is 1. The minimum absolute atomic E-state index is 0.104. The van der Waals surface area contributed by atoms with Crippen LogP contribution in [-0.4, -0.2) is 38.3 Å². The van der Waals surface area contributed by atoms with Gasteiger partial charge in [-0.3, -0.25) is 4.79 Å². The molecule has 0 aliphatic carbocycles. The molecule has 0 spiro atoms. The second-order valence-corrected chi connectivity index (χ2v) is 10.4. The lowest BCUT2D eigenvalue weighted by Crippen LogP contribution is -2.45. The minimum Gasteiger partial charge on any atom is -0.492 e. The fourth-order valence-corrected chi connectivity index (χ4v) is 6.06. The summed E-state index contributed by atoms with van der Waals surface area (Å²) in [7, 11) is -3.77. The summed E-state index contributed by atoms with van der Waals surface area (Å²) in [5.74, 6) is -0.0864. The van der Waals surface area contributed by atoms with E-state index in [-0.39, 0.29) is 22.4 Å². The quantitative estimate of drug-likeness (QED) is 0.529. The first-order valence-electron chi connectivity index (χ1n) is 11.1. The molecule has 0 bridgehead atoms. The summed E-state index contributed by atoms with van der Waals surface area (Å²) in [4.78, 5) is 13.0. The number of fused-ring (bicyclic) bond motifs is 1. The summed E-state index contributed by atoms with van der Waals surface area (Å²) < 4.78 is 33.2. The van der Waals surface area contributed by atoms with Crippen molar-refractivity contribution in [2.75, 3.05) is 19.7 Å². The van der Waals surface area contributed by atoms with Crippen molar-refractivity contribution in [3.05, 3.63) is 71.2 Å². The number of nitrogens with one attached hydrogen (secondary N) is 1. The molecule has 8 heteroatoms. The van der Waals surface area contributed by atoms with Crippen molar-refractivity contribution < 1.29 is 17.9 Å². The molecule has 1 heterocycles. The first-order valence-corrected chi connectivity index (χ1v) is 12.9. The van der Waals surface area contributed by atoms with Crippen LogP contribution in [0.3, 0.4) is 0 Å². The Labute approximate surface area is 199 Å². The molecule has 33 heavy (non-hydrogen) atoms. The lowest BCUT2D eigenvalue weighted by molar-refractivity contribution is -0.126. The average molecular weight is 487 g/mol. The Morgan fingerprint density at radius 3 is 2.73 bits per heavy atom. The van der Waals surface area contributed by atoms with Crippen LogP contribution >= 0.6 is 11.6 Å². The first-order chi connectivity index (χ1) is 15.9. The molecular weight excluding hydrogens is 460 g/mol. The molecule has 4 rings (SSSR count). The van der Waals surface area contributed by atoms with E-state index in [1.165, 1.54) is 16.4 Å². The monoisotopic (exact) mass is 486 g/mol. The summed E-state index contributed by atoms with van der Waals surface area (Å²) in [5, 5.41) is 5.47. The number of piperidine rings is 1. The summed E-state index contributed by atoms with van der Waals surface area (Å²) in [6.45, 7) is 3.19. The van der Waals surface area contributed by atoms with Crippen molar-refractivity contribution in [3.8, 4) is 5.75 Å². The highest BCUT2D eigenvalue weighted by atomic mass is 35.5. The maximum absolute atomic E-state index is 13.2. The Morgan fingerprint density at radius 2 is 1.94 bits per heavy atom. The van der Waals surface area contributed by atoms with E-state index in [2.05, 4.69) is 5.32 Å². The van der Waals surface area contributed by atoms with Crippen LogP contribution in [-0.2, 0) is 21.4 Å². The van der Waals surface area contributed by atoms with Crippen molar-refractivity contribution >= 4 is 38.3 Å². The molecule has 1 amide bonds. The average Bonchev–Trinajstić information content (AvgIpc) is 2.84. The number of rotatable bonds is 7. The molecule has 1 unspecified atom stereocenters. The third-order valence-electron chi connectivity index (χ3n) is 5.93. The smallest absolute Gasteiger partial charge is 0.243 e. The minimum atomic E-state index is -3.77. The van der Waals surface area contributed by atoms with Crippen LogP contribution in [0.15, 0.2) is 65.6 Å². The first kappa shape index (κ1) is 23.5. The number of amides is 1. The Kier molecular flexibility index (Phi) is 7.22. The van der Waals surface area contributed by atoms with E-state index in [4.69, 9.17) is 16.3 Å². The van der Waals surface area contributed by atoms with Gasteiger partial charge >= 0.3 is 0 Å². The van der Waals surface area contributed by atoms with Crippen LogP contribution in [0.5, 0.6) is 5.75 Å². The molecule has 1 atom stereocenters. The zero-order chi connectivity index (χ0) is 23.4. The highest BCUT2D eigenvalue weighted by molar-refractivity contribution is 7.89. The van der Waals surface area contributed by atoms with E-state index in [1.54, 1.807) is 6.07 Å². The van der Waals surface area contributed by atoms with Crippen LogP contribution in [0, 0.1) is 5.92 Å². The summed E-state index contributed by atoms with van der Waals surface area (Å²) in [5.41, 5.74) is 1.03. The van der Waals surface area contributed by atoms with Gasteiger partial charge in [-0.05, 0) is 54.3 Å². The number of carbonyl (C=O) groups excluding carboxylic acids is 1. The second-order valence-electron chi connectivity index (χ2n) is 8.08. The van der Waals surface area contributed by atoms with Gasteiger partial charge in [-0.1, -0.05) is 54.1 Å². The van der Waals surface area contributed by atoms with Gasteiger partial charge in [0.05, 0.1) is 22.4 Å². The number of sulfonamides is 1. The SMILES string of the molecule is CCOc1ccc(S(=O)(=O)N2CCCC(C(=O)NCc3cccc4ccccc34)C2)cc1Cl. The summed E-state index contributed by atoms with van der Waals surface area (Å²) in [6, 6.07) is 18.5. The van der Waals surface area contributed by atoms with Gasteiger partial charge in [-0.2, -0.15) is 4.31 Å². The number of benzene rings is 3. The Hall–Kier alpha value is -2.61.